The first-order valence-corrected chi connectivity index (χ1v) is 14.7. The Hall–Kier alpha value is -4.29. The van der Waals surface area contributed by atoms with Crippen LogP contribution in [0.2, 0.25) is 0 Å². The van der Waals surface area contributed by atoms with Gasteiger partial charge in [0.25, 0.3) is 0 Å². The summed E-state index contributed by atoms with van der Waals surface area (Å²) in [6.45, 7) is 0.779. The summed E-state index contributed by atoms with van der Waals surface area (Å²) in [5.74, 6) is -3.38. The third-order valence-corrected chi connectivity index (χ3v) is 6.83. The Morgan fingerprint density at radius 1 is 0.689 bits per heavy atom. The van der Waals surface area contributed by atoms with Crippen LogP contribution in [0.15, 0.2) is 91.0 Å². The van der Waals surface area contributed by atoms with Gasteiger partial charge in [0.2, 0.25) is 0 Å². The highest BCUT2D eigenvalue weighted by molar-refractivity contribution is 5.76. The molecule has 242 valence electrons. The number of carbonyl (C=O) groups excluding carboxylic acids is 2. The number of rotatable bonds is 20. The number of nitrogens with one attached hydrogen (secondary N) is 1. The van der Waals surface area contributed by atoms with Gasteiger partial charge in [-0.05, 0) is 23.1 Å². The fourth-order valence-electron chi connectivity index (χ4n) is 4.54. The topological polar surface area (TPSA) is 139 Å². The van der Waals surface area contributed by atoms with Gasteiger partial charge in [0.05, 0.1) is 19.4 Å². The maximum Gasteiger partial charge on any atom is 0.407 e. The lowest BCUT2D eigenvalue weighted by atomic mass is 9.80. The lowest BCUT2D eigenvalue weighted by molar-refractivity contribution is -0.397. The molecule has 0 unspecified atom stereocenters. The monoisotopic (exact) mass is 623 g/mol. The van der Waals surface area contributed by atoms with Crippen LogP contribution in [-0.2, 0) is 43.6 Å². The molecule has 0 spiro atoms. The Labute approximate surface area is 263 Å². The van der Waals surface area contributed by atoms with Crippen LogP contribution in [0.3, 0.4) is 0 Å². The first kappa shape index (κ1) is 35.2. The molecule has 0 saturated heterocycles. The van der Waals surface area contributed by atoms with Gasteiger partial charge in [-0.25, -0.2) is 4.79 Å². The molecule has 3 aromatic carbocycles. The van der Waals surface area contributed by atoms with Gasteiger partial charge in [0, 0.05) is 40.4 Å². The molecule has 0 aliphatic carbocycles. The molecule has 0 saturated carbocycles. The Balaban J connectivity index is 1.57. The first-order chi connectivity index (χ1) is 21.8. The molecular formula is C34H41NO10. The SMILES string of the molecule is COC(COC(=O)NCCCOCCCOC(=O)CCC(=O)O)(OC)OC(c1ccccc1)(c1ccccc1)c1ccccc1. The minimum absolute atomic E-state index is 0.145. The van der Waals surface area contributed by atoms with E-state index in [4.69, 9.17) is 33.5 Å². The summed E-state index contributed by atoms with van der Waals surface area (Å²) >= 11 is 0. The van der Waals surface area contributed by atoms with Crippen LogP contribution in [0, 0.1) is 0 Å². The zero-order valence-corrected chi connectivity index (χ0v) is 25.6. The summed E-state index contributed by atoms with van der Waals surface area (Å²) in [4.78, 5) is 34.5. The van der Waals surface area contributed by atoms with E-state index in [0.29, 0.717) is 32.6 Å². The molecule has 1 amide bonds. The van der Waals surface area contributed by atoms with Crippen molar-refractivity contribution in [3.8, 4) is 0 Å². The van der Waals surface area contributed by atoms with Crippen molar-refractivity contribution in [2.45, 2.75) is 37.3 Å². The lowest BCUT2D eigenvalue weighted by Crippen LogP contribution is -2.51. The van der Waals surface area contributed by atoms with E-state index in [1.807, 2.05) is 91.0 Å². The fourth-order valence-corrected chi connectivity index (χ4v) is 4.54. The Morgan fingerprint density at radius 3 is 1.69 bits per heavy atom. The second-order valence-electron chi connectivity index (χ2n) is 9.91. The average Bonchev–Trinajstić information content (AvgIpc) is 3.08. The summed E-state index contributed by atoms with van der Waals surface area (Å²) in [5.41, 5.74) is 1.27. The molecule has 11 heteroatoms. The van der Waals surface area contributed by atoms with E-state index in [1.54, 1.807) is 0 Å². The van der Waals surface area contributed by atoms with Crippen molar-refractivity contribution < 1.29 is 47.9 Å². The number of methoxy groups -OCH3 is 2. The number of benzene rings is 3. The van der Waals surface area contributed by atoms with E-state index >= 15 is 0 Å². The number of carboxylic acids is 1. The minimum atomic E-state index is -1.78. The highest BCUT2D eigenvalue weighted by Crippen LogP contribution is 2.43. The second-order valence-corrected chi connectivity index (χ2v) is 9.91. The maximum absolute atomic E-state index is 12.6. The molecule has 2 N–H and O–H groups in total. The van der Waals surface area contributed by atoms with Crippen LogP contribution >= 0.6 is 0 Å². The number of esters is 1. The van der Waals surface area contributed by atoms with Gasteiger partial charge in [0.1, 0.15) is 5.60 Å². The highest BCUT2D eigenvalue weighted by Gasteiger charge is 2.47. The van der Waals surface area contributed by atoms with Gasteiger partial charge in [0.15, 0.2) is 6.61 Å². The second kappa shape index (κ2) is 18.5. The number of amides is 1. The summed E-state index contributed by atoms with van der Waals surface area (Å²) < 4.78 is 34.3. The Kier molecular flexibility index (Phi) is 14.5. The van der Waals surface area contributed by atoms with Gasteiger partial charge >= 0.3 is 24.0 Å². The van der Waals surface area contributed by atoms with E-state index in [9.17, 15) is 14.4 Å². The number of alkyl carbamates (subject to hydrolysis) is 1. The van der Waals surface area contributed by atoms with E-state index in [1.165, 1.54) is 14.2 Å². The predicted molar refractivity (Wildman–Crippen MR) is 164 cm³/mol. The molecule has 0 radical (unpaired) electrons. The van der Waals surface area contributed by atoms with Crippen LogP contribution < -0.4 is 5.32 Å². The van der Waals surface area contributed by atoms with Crippen LogP contribution in [0.5, 0.6) is 0 Å². The maximum atomic E-state index is 12.6. The number of hydrogen-bond acceptors (Lipinski definition) is 9. The van der Waals surface area contributed by atoms with Crippen molar-refractivity contribution in [3.63, 3.8) is 0 Å². The first-order valence-electron chi connectivity index (χ1n) is 14.7. The van der Waals surface area contributed by atoms with Gasteiger partial charge in [-0.15, -0.1) is 0 Å². The van der Waals surface area contributed by atoms with Gasteiger partial charge in [-0.2, -0.15) is 0 Å². The van der Waals surface area contributed by atoms with Gasteiger partial charge in [-0.3, -0.25) is 9.59 Å². The predicted octanol–water partition coefficient (Wildman–Crippen LogP) is 4.87. The van der Waals surface area contributed by atoms with Gasteiger partial charge in [-0.1, -0.05) is 91.0 Å². The highest BCUT2D eigenvalue weighted by atomic mass is 16.9. The zero-order valence-electron chi connectivity index (χ0n) is 25.6. The Bertz CT molecular complexity index is 1200. The molecule has 0 aliphatic rings. The van der Waals surface area contributed by atoms with Crippen molar-refractivity contribution >= 4 is 18.0 Å². The summed E-state index contributed by atoms with van der Waals surface area (Å²) in [7, 11) is 2.84. The van der Waals surface area contributed by atoms with Crippen molar-refractivity contribution in [2.75, 3.05) is 47.2 Å². The molecule has 11 nitrogen and oxygen atoms in total. The van der Waals surface area contributed by atoms with Crippen molar-refractivity contribution in [2.24, 2.45) is 0 Å². The van der Waals surface area contributed by atoms with Crippen LogP contribution in [0.25, 0.3) is 0 Å². The summed E-state index contributed by atoms with van der Waals surface area (Å²) in [6.07, 6.45) is -0.113. The molecular weight excluding hydrogens is 582 g/mol. The molecule has 3 rings (SSSR count). The van der Waals surface area contributed by atoms with E-state index in [0.717, 1.165) is 16.7 Å². The van der Waals surface area contributed by atoms with Crippen LogP contribution in [0.4, 0.5) is 4.79 Å². The molecule has 0 bridgehead atoms. The van der Waals surface area contributed by atoms with E-state index in [2.05, 4.69) is 5.32 Å². The van der Waals surface area contributed by atoms with E-state index in [-0.39, 0.29) is 26.1 Å². The smallest absolute Gasteiger partial charge is 0.407 e. The number of aliphatic carboxylic acids is 1. The van der Waals surface area contributed by atoms with Crippen molar-refractivity contribution in [1.29, 1.82) is 0 Å². The molecule has 0 aromatic heterocycles. The fraction of sp³-hybridized carbons (Fsp3) is 0.382. The van der Waals surface area contributed by atoms with E-state index < -0.39 is 29.6 Å². The lowest BCUT2D eigenvalue weighted by Gasteiger charge is -2.42. The molecule has 0 fully saturated rings. The third-order valence-electron chi connectivity index (χ3n) is 6.83. The molecule has 0 atom stereocenters. The quantitative estimate of drug-likeness (QED) is 0.0776. The number of carbonyl (C=O) groups is 3. The summed E-state index contributed by atoms with van der Waals surface area (Å²) in [5, 5.41) is 11.3. The largest absolute Gasteiger partial charge is 0.481 e. The van der Waals surface area contributed by atoms with Crippen molar-refractivity contribution in [1.82, 2.24) is 5.32 Å². The zero-order chi connectivity index (χ0) is 32.4. The van der Waals surface area contributed by atoms with Gasteiger partial charge < -0.3 is 38.8 Å². The standard InChI is InChI=1S/C34H41NO10/c1-40-33(41-2,26-44-32(39)35-22-12-23-42-24-13-25-43-31(38)21-20-30(36)37)45-34(27-14-6-3-7-15-27,28-16-8-4-9-17-28)29-18-10-5-11-19-29/h3-11,14-19H,12-13,20-26H2,1-2H3,(H,35,39)(H,36,37). The molecule has 3 aromatic rings. The Morgan fingerprint density at radius 2 is 1.20 bits per heavy atom. The third kappa shape index (κ3) is 10.7. The average molecular weight is 624 g/mol. The minimum Gasteiger partial charge on any atom is -0.481 e. The molecule has 0 heterocycles. The van der Waals surface area contributed by atoms with Crippen LogP contribution in [-0.4, -0.2) is 76.3 Å². The van der Waals surface area contributed by atoms with Crippen molar-refractivity contribution in [3.05, 3.63) is 108 Å². The number of hydrogen-bond donors (Lipinski definition) is 2. The normalized spacial score (nSPS) is 11.5. The number of carboxylic acid groups (broad SMARTS) is 1. The summed E-state index contributed by atoms with van der Waals surface area (Å²) in [6, 6.07) is 29.1. The van der Waals surface area contributed by atoms with Crippen LogP contribution in [0.1, 0.15) is 42.4 Å². The number of ether oxygens (including phenoxy) is 6. The molecule has 45 heavy (non-hydrogen) atoms. The molecule has 0 aliphatic heterocycles.